The number of unbranched alkanes of at least 4 members (excludes halogenated alkanes) is 3. The van der Waals surface area contributed by atoms with Crippen LogP contribution < -0.4 is 5.32 Å². The van der Waals surface area contributed by atoms with Crippen molar-refractivity contribution in [1.82, 2.24) is 5.32 Å². The molecule has 0 aliphatic carbocycles. The number of amides is 1. The van der Waals surface area contributed by atoms with Crippen LogP contribution in [-0.2, 0) is 15.9 Å². The fourth-order valence-electron chi connectivity index (χ4n) is 3.17. The monoisotopic (exact) mass is 473 g/mol. The molecule has 0 aliphatic rings. The third-order valence-corrected chi connectivity index (χ3v) is 6.36. The lowest BCUT2D eigenvalue weighted by Gasteiger charge is -2.08. The van der Waals surface area contributed by atoms with Crippen molar-refractivity contribution in [3.05, 3.63) is 57.3 Å². The predicted octanol–water partition coefficient (Wildman–Crippen LogP) is 5.11. The third-order valence-electron chi connectivity index (χ3n) is 5.13. The Kier molecular flexibility index (Phi) is 12.6. The van der Waals surface area contributed by atoms with Crippen molar-refractivity contribution in [1.29, 1.82) is 0 Å². The normalized spacial score (nSPS) is 10.8. The number of hydrogen-bond donors (Lipinski definition) is 1. The number of Topliss-reactive ketones (excluding diaryl/α,β-unsaturated/α-hetero) is 2. The second kappa shape index (κ2) is 15.5. The largest absolute Gasteiger partial charge is 0.379 e. The molecule has 1 N–H and O–H groups in total. The Morgan fingerprint density at radius 2 is 1.55 bits per heavy atom. The van der Waals surface area contributed by atoms with Crippen LogP contribution in [0.5, 0.6) is 0 Å². The highest BCUT2D eigenvalue weighted by molar-refractivity contribution is 7.16. The number of carbonyl (C=O) groups is 3. The van der Waals surface area contributed by atoms with Crippen molar-refractivity contribution in [2.24, 2.45) is 0 Å². The summed E-state index contributed by atoms with van der Waals surface area (Å²) in [5, 5.41) is 2.84. The predicted molar refractivity (Wildman–Crippen MR) is 132 cm³/mol. The lowest BCUT2D eigenvalue weighted by atomic mass is 10.0. The molecule has 0 fully saturated rings. The molecule has 7 heteroatoms. The maximum absolute atomic E-state index is 12.3. The number of ether oxygens (including phenoxy) is 2. The van der Waals surface area contributed by atoms with E-state index >= 15 is 0 Å². The van der Waals surface area contributed by atoms with E-state index in [0.29, 0.717) is 54.5 Å². The zero-order valence-electron chi connectivity index (χ0n) is 19.7. The Morgan fingerprint density at radius 1 is 0.848 bits per heavy atom. The van der Waals surface area contributed by atoms with Gasteiger partial charge in [0.05, 0.1) is 29.6 Å². The minimum absolute atomic E-state index is 0.0243. The summed E-state index contributed by atoms with van der Waals surface area (Å²) in [6, 6.07) is 10.7. The number of aryl methyl sites for hydroxylation is 1. The van der Waals surface area contributed by atoms with E-state index in [1.54, 1.807) is 24.3 Å². The summed E-state index contributed by atoms with van der Waals surface area (Å²) < 4.78 is 11.0. The average Bonchev–Trinajstić information content (AvgIpc) is 3.32. The van der Waals surface area contributed by atoms with Crippen LogP contribution in [0.25, 0.3) is 0 Å². The van der Waals surface area contributed by atoms with Gasteiger partial charge < -0.3 is 14.8 Å². The Balaban J connectivity index is 1.59. The van der Waals surface area contributed by atoms with Crippen molar-refractivity contribution in [2.75, 3.05) is 33.0 Å². The van der Waals surface area contributed by atoms with Crippen LogP contribution in [-0.4, -0.2) is 50.4 Å². The fraction of sp³-hybridized carbons (Fsp3) is 0.500. The molecule has 1 heterocycles. The Hall–Kier alpha value is -2.35. The van der Waals surface area contributed by atoms with Gasteiger partial charge in [0.15, 0.2) is 11.6 Å². The van der Waals surface area contributed by atoms with Gasteiger partial charge in [-0.2, -0.15) is 0 Å². The molecule has 1 aromatic heterocycles. The number of carbonyl (C=O) groups excluding carboxylic acids is 3. The molecule has 0 bridgehead atoms. The highest BCUT2D eigenvalue weighted by Crippen LogP contribution is 2.19. The van der Waals surface area contributed by atoms with E-state index in [-0.39, 0.29) is 17.5 Å². The number of benzene rings is 1. The molecular formula is C26H35NO5S. The van der Waals surface area contributed by atoms with E-state index in [2.05, 4.69) is 12.2 Å². The van der Waals surface area contributed by atoms with Gasteiger partial charge in [0.2, 0.25) is 0 Å². The third kappa shape index (κ3) is 10.4. The minimum atomic E-state index is -0.149. The summed E-state index contributed by atoms with van der Waals surface area (Å²) in [6.45, 7) is 6.45. The molecule has 0 saturated carbocycles. The molecule has 0 radical (unpaired) electrons. The van der Waals surface area contributed by atoms with Crippen molar-refractivity contribution < 1.29 is 23.9 Å². The number of hydrogen-bond acceptors (Lipinski definition) is 6. The summed E-state index contributed by atoms with van der Waals surface area (Å²) in [4.78, 5) is 37.2. The molecule has 180 valence electrons. The number of thiophene rings is 1. The molecule has 0 spiro atoms. The van der Waals surface area contributed by atoms with Crippen LogP contribution in [0.1, 0.15) is 81.2 Å². The van der Waals surface area contributed by atoms with Gasteiger partial charge in [0, 0.05) is 25.1 Å². The van der Waals surface area contributed by atoms with Crippen LogP contribution in [0.4, 0.5) is 0 Å². The Morgan fingerprint density at radius 3 is 2.21 bits per heavy atom. The first-order valence-corrected chi connectivity index (χ1v) is 12.5. The Labute approximate surface area is 200 Å². The standard InChI is InChI=1S/C26H35NO5S/c1-3-4-5-6-16-31-18-19-32-17-15-27-26(30)22-10-7-21(8-11-22)9-12-23(29)25-14-13-24(33-25)20(2)28/h7-8,10-11,13-14H,3-6,9,12,15-19H2,1-2H3,(H,27,30). The van der Waals surface area contributed by atoms with Gasteiger partial charge >= 0.3 is 0 Å². The molecule has 2 rings (SSSR count). The second-order valence-corrected chi connectivity index (χ2v) is 8.97. The molecule has 1 amide bonds. The van der Waals surface area contributed by atoms with E-state index in [0.717, 1.165) is 18.6 Å². The van der Waals surface area contributed by atoms with Crippen molar-refractivity contribution in [3.63, 3.8) is 0 Å². The summed E-state index contributed by atoms with van der Waals surface area (Å²) in [5.74, 6) is -0.151. The number of ketones is 2. The van der Waals surface area contributed by atoms with Gasteiger partial charge in [-0.3, -0.25) is 14.4 Å². The van der Waals surface area contributed by atoms with Gasteiger partial charge in [-0.05, 0) is 49.6 Å². The summed E-state index contributed by atoms with van der Waals surface area (Å²) in [7, 11) is 0. The summed E-state index contributed by atoms with van der Waals surface area (Å²) in [6.07, 6.45) is 5.73. The van der Waals surface area contributed by atoms with Crippen LogP contribution in [0.2, 0.25) is 0 Å². The van der Waals surface area contributed by atoms with Crippen LogP contribution in [0.3, 0.4) is 0 Å². The molecule has 1 aromatic carbocycles. The van der Waals surface area contributed by atoms with E-state index in [1.807, 2.05) is 12.1 Å². The number of rotatable bonds is 17. The van der Waals surface area contributed by atoms with Gasteiger partial charge in [-0.1, -0.05) is 38.3 Å². The molecule has 0 saturated heterocycles. The molecule has 2 aromatic rings. The summed E-state index contributed by atoms with van der Waals surface area (Å²) >= 11 is 1.24. The zero-order valence-corrected chi connectivity index (χ0v) is 20.5. The first-order valence-electron chi connectivity index (χ1n) is 11.7. The molecule has 33 heavy (non-hydrogen) atoms. The molecule has 6 nitrogen and oxygen atoms in total. The highest BCUT2D eigenvalue weighted by Gasteiger charge is 2.12. The van der Waals surface area contributed by atoms with Crippen molar-refractivity contribution in [2.45, 2.75) is 52.4 Å². The topological polar surface area (TPSA) is 81.7 Å². The minimum Gasteiger partial charge on any atom is -0.379 e. The smallest absolute Gasteiger partial charge is 0.251 e. The lowest BCUT2D eigenvalue weighted by Crippen LogP contribution is -2.27. The van der Waals surface area contributed by atoms with Gasteiger partial charge in [-0.15, -0.1) is 11.3 Å². The molecular weight excluding hydrogens is 438 g/mol. The number of nitrogens with one attached hydrogen (secondary N) is 1. The fourth-order valence-corrected chi connectivity index (χ4v) is 4.04. The van der Waals surface area contributed by atoms with Crippen molar-refractivity contribution >= 4 is 28.8 Å². The van der Waals surface area contributed by atoms with Crippen molar-refractivity contribution in [3.8, 4) is 0 Å². The van der Waals surface area contributed by atoms with Gasteiger partial charge in [0.25, 0.3) is 5.91 Å². The van der Waals surface area contributed by atoms with Gasteiger partial charge in [-0.25, -0.2) is 0 Å². The quantitative estimate of drug-likeness (QED) is 0.255. The first kappa shape index (κ1) is 26.9. The van der Waals surface area contributed by atoms with Crippen LogP contribution in [0, 0.1) is 0 Å². The summed E-state index contributed by atoms with van der Waals surface area (Å²) in [5.41, 5.74) is 1.56. The second-order valence-electron chi connectivity index (χ2n) is 7.88. The SMILES string of the molecule is CCCCCCOCCOCCNC(=O)c1ccc(CCC(=O)c2ccc(C(C)=O)s2)cc1. The molecule has 0 aliphatic heterocycles. The Bertz CT molecular complexity index is 875. The maximum Gasteiger partial charge on any atom is 0.251 e. The maximum atomic E-state index is 12.3. The van der Waals surface area contributed by atoms with E-state index in [1.165, 1.54) is 37.5 Å². The molecule has 0 atom stereocenters. The van der Waals surface area contributed by atoms with E-state index in [9.17, 15) is 14.4 Å². The van der Waals surface area contributed by atoms with E-state index < -0.39 is 0 Å². The van der Waals surface area contributed by atoms with E-state index in [4.69, 9.17) is 9.47 Å². The van der Waals surface area contributed by atoms with Gasteiger partial charge in [0.1, 0.15) is 0 Å². The first-order chi connectivity index (χ1) is 16.0. The highest BCUT2D eigenvalue weighted by atomic mass is 32.1. The lowest BCUT2D eigenvalue weighted by molar-refractivity contribution is 0.0468. The zero-order chi connectivity index (χ0) is 23.9. The van der Waals surface area contributed by atoms with Crippen LogP contribution >= 0.6 is 11.3 Å². The molecule has 0 unspecified atom stereocenters. The van der Waals surface area contributed by atoms with Crippen LogP contribution in [0.15, 0.2) is 36.4 Å². The average molecular weight is 474 g/mol.